The van der Waals surface area contributed by atoms with Gasteiger partial charge in [-0.2, -0.15) is 0 Å². The van der Waals surface area contributed by atoms with Crippen molar-refractivity contribution in [2.75, 3.05) is 25.5 Å². The number of hydrogen-bond donors (Lipinski definition) is 1. The number of piperidine rings is 1. The summed E-state index contributed by atoms with van der Waals surface area (Å²) in [7, 11) is 0. The number of halogens is 1. The van der Waals surface area contributed by atoms with Gasteiger partial charge >= 0.3 is 0 Å². The van der Waals surface area contributed by atoms with E-state index in [2.05, 4.69) is 40.5 Å². The minimum Gasteiger partial charge on any atom is -0.355 e. The van der Waals surface area contributed by atoms with Crippen LogP contribution in [0.25, 0.3) is 0 Å². The topological polar surface area (TPSA) is 32.3 Å². The maximum absolute atomic E-state index is 11.1. The van der Waals surface area contributed by atoms with Crippen molar-refractivity contribution >= 4 is 17.5 Å². The first kappa shape index (κ1) is 14.4. The Morgan fingerprint density at radius 2 is 1.95 bits per heavy atom. The van der Waals surface area contributed by atoms with Gasteiger partial charge in [-0.3, -0.25) is 9.69 Å². The third-order valence-electron chi connectivity index (χ3n) is 3.67. The number of likely N-dealkylation sites (tertiary alicyclic amines) is 1. The molecule has 1 aliphatic heterocycles. The van der Waals surface area contributed by atoms with Crippen LogP contribution in [-0.4, -0.2) is 36.3 Å². The first-order valence-electron chi connectivity index (χ1n) is 6.87. The van der Waals surface area contributed by atoms with Crippen LogP contribution in [0, 0.1) is 5.92 Å². The van der Waals surface area contributed by atoms with Crippen molar-refractivity contribution in [1.29, 1.82) is 0 Å². The lowest BCUT2D eigenvalue weighted by Gasteiger charge is -2.32. The van der Waals surface area contributed by atoms with E-state index in [1.54, 1.807) is 0 Å². The van der Waals surface area contributed by atoms with Gasteiger partial charge in [-0.1, -0.05) is 30.3 Å². The molecule has 1 aliphatic rings. The van der Waals surface area contributed by atoms with Crippen LogP contribution in [0.4, 0.5) is 0 Å². The Morgan fingerprint density at radius 3 is 2.58 bits per heavy atom. The van der Waals surface area contributed by atoms with Gasteiger partial charge in [-0.05, 0) is 37.4 Å². The van der Waals surface area contributed by atoms with E-state index in [1.807, 2.05) is 0 Å². The summed E-state index contributed by atoms with van der Waals surface area (Å²) in [6.45, 7) is 4.01. The van der Waals surface area contributed by atoms with Crippen molar-refractivity contribution in [2.45, 2.75) is 19.4 Å². The van der Waals surface area contributed by atoms with Gasteiger partial charge in [0.15, 0.2) is 0 Å². The summed E-state index contributed by atoms with van der Waals surface area (Å²) >= 11 is 5.46. The summed E-state index contributed by atoms with van der Waals surface area (Å²) in [5.41, 5.74) is 1.37. The Morgan fingerprint density at radius 1 is 1.26 bits per heavy atom. The van der Waals surface area contributed by atoms with E-state index in [1.165, 1.54) is 5.56 Å². The minimum absolute atomic E-state index is 0.0617. The van der Waals surface area contributed by atoms with Crippen LogP contribution in [-0.2, 0) is 11.3 Å². The number of rotatable bonds is 5. The lowest BCUT2D eigenvalue weighted by atomic mass is 9.96. The van der Waals surface area contributed by atoms with E-state index in [0.717, 1.165) is 39.0 Å². The lowest BCUT2D eigenvalue weighted by molar-refractivity contribution is -0.118. The number of alkyl halides is 1. The van der Waals surface area contributed by atoms with Gasteiger partial charge in [-0.15, -0.1) is 11.6 Å². The Bertz CT molecular complexity index is 388. The van der Waals surface area contributed by atoms with Gasteiger partial charge in [0.2, 0.25) is 5.91 Å². The third kappa shape index (κ3) is 4.84. The van der Waals surface area contributed by atoms with Gasteiger partial charge in [-0.25, -0.2) is 0 Å². The predicted molar refractivity (Wildman–Crippen MR) is 78.2 cm³/mol. The molecule has 1 amide bonds. The molecule has 1 fully saturated rings. The molecule has 1 aromatic carbocycles. The van der Waals surface area contributed by atoms with Crippen LogP contribution >= 0.6 is 11.6 Å². The maximum atomic E-state index is 11.1. The standard InChI is InChI=1S/C15H21ClN2O/c16-10-15(19)17-11-13-6-8-18(9-7-13)12-14-4-2-1-3-5-14/h1-5,13H,6-12H2,(H,17,19). The summed E-state index contributed by atoms with van der Waals surface area (Å²) in [5.74, 6) is 0.597. The van der Waals surface area contributed by atoms with Crippen LogP contribution < -0.4 is 5.32 Å². The second kappa shape index (κ2) is 7.51. The molecule has 1 N–H and O–H groups in total. The fraction of sp³-hybridized carbons (Fsp3) is 0.533. The van der Waals surface area contributed by atoms with E-state index in [0.29, 0.717) is 5.92 Å². The predicted octanol–water partition coefficient (Wildman–Crippen LogP) is 2.25. The fourth-order valence-electron chi connectivity index (χ4n) is 2.50. The summed E-state index contributed by atoms with van der Waals surface area (Å²) < 4.78 is 0. The number of nitrogens with zero attached hydrogens (tertiary/aromatic N) is 1. The molecular weight excluding hydrogens is 260 g/mol. The van der Waals surface area contributed by atoms with Crippen LogP contribution in [0.2, 0.25) is 0 Å². The molecule has 1 saturated heterocycles. The Labute approximate surface area is 119 Å². The van der Waals surface area contributed by atoms with Crippen LogP contribution in [0.3, 0.4) is 0 Å². The average molecular weight is 281 g/mol. The van der Waals surface area contributed by atoms with Crippen LogP contribution in [0.15, 0.2) is 30.3 Å². The maximum Gasteiger partial charge on any atom is 0.234 e. The van der Waals surface area contributed by atoms with Crippen molar-refractivity contribution in [3.8, 4) is 0 Å². The molecule has 0 atom stereocenters. The van der Waals surface area contributed by atoms with Gasteiger partial charge in [0, 0.05) is 13.1 Å². The smallest absolute Gasteiger partial charge is 0.234 e. The molecule has 1 aromatic rings. The summed E-state index contributed by atoms with van der Waals surface area (Å²) in [5, 5.41) is 2.88. The molecule has 3 nitrogen and oxygen atoms in total. The highest BCUT2D eigenvalue weighted by Gasteiger charge is 2.19. The minimum atomic E-state index is -0.0617. The SMILES string of the molecule is O=C(CCl)NCC1CCN(Cc2ccccc2)CC1. The Balaban J connectivity index is 1.69. The number of benzene rings is 1. The number of carbonyl (C=O) groups is 1. The molecule has 0 aliphatic carbocycles. The molecular formula is C15H21ClN2O. The molecule has 0 aromatic heterocycles. The van der Waals surface area contributed by atoms with Gasteiger partial charge in [0.1, 0.15) is 5.88 Å². The Kier molecular flexibility index (Phi) is 5.67. The second-order valence-corrected chi connectivity index (χ2v) is 5.41. The summed E-state index contributed by atoms with van der Waals surface area (Å²) in [6, 6.07) is 10.6. The zero-order valence-corrected chi connectivity index (χ0v) is 11.9. The Hall–Kier alpha value is -1.06. The van der Waals surface area contributed by atoms with Gasteiger partial charge in [0.25, 0.3) is 0 Å². The number of nitrogens with one attached hydrogen (secondary N) is 1. The number of hydrogen-bond acceptors (Lipinski definition) is 2. The van der Waals surface area contributed by atoms with Gasteiger partial charge in [0.05, 0.1) is 0 Å². The van der Waals surface area contributed by atoms with Crippen LogP contribution in [0.5, 0.6) is 0 Å². The summed E-state index contributed by atoms with van der Waals surface area (Å²) in [4.78, 5) is 13.6. The van der Waals surface area contributed by atoms with E-state index in [9.17, 15) is 4.79 Å². The van der Waals surface area contributed by atoms with Crippen molar-refractivity contribution in [3.05, 3.63) is 35.9 Å². The molecule has 104 valence electrons. The van der Waals surface area contributed by atoms with E-state index in [4.69, 9.17) is 11.6 Å². The zero-order valence-electron chi connectivity index (χ0n) is 11.1. The lowest BCUT2D eigenvalue weighted by Crippen LogP contribution is -2.38. The molecule has 0 radical (unpaired) electrons. The second-order valence-electron chi connectivity index (χ2n) is 5.14. The molecule has 4 heteroatoms. The highest BCUT2D eigenvalue weighted by atomic mass is 35.5. The van der Waals surface area contributed by atoms with Crippen LogP contribution in [0.1, 0.15) is 18.4 Å². The van der Waals surface area contributed by atoms with E-state index in [-0.39, 0.29) is 11.8 Å². The van der Waals surface area contributed by atoms with Gasteiger partial charge < -0.3 is 5.32 Å². The highest BCUT2D eigenvalue weighted by Crippen LogP contribution is 2.18. The fourth-order valence-corrected chi connectivity index (χ4v) is 2.59. The average Bonchev–Trinajstić information content (AvgIpc) is 2.47. The summed E-state index contributed by atoms with van der Waals surface area (Å²) in [6.07, 6.45) is 2.30. The molecule has 0 bridgehead atoms. The molecule has 2 rings (SSSR count). The first-order chi connectivity index (χ1) is 9.28. The first-order valence-corrected chi connectivity index (χ1v) is 7.40. The molecule has 0 spiro atoms. The van der Waals surface area contributed by atoms with Crippen molar-refractivity contribution in [1.82, 2.24) is 10.2 Å². The quantitative estimate of drug-likeness (QED) is 0.839. The normalized spacial score (nSPS) is 17.3. The van der Waals surface area contributed by atoms with E-state index < -0.39 is 0 Å². The molecule has 0 saturated carbocycles. The molecule has 0 unspecified atom stereocenters. The highest BCUT2D eigenvalue weighted by molar-refractivity contribution is 6.27. The van der Waals surface area contributed by atoms with Crippen molar-refractivity contribution in [3.63, 3.8) is 0 Å². The largest absolute Gasteiger partial charge is 0.355 e. The monoisotopic (exact) mass is 280 g/mol. The van der Waals surface area contributed by atoms with E-state index >= 15 is 0 Å². The number of amides is 1. The number of carbonyl (C=O) groups excluding carboxylic acids is 1. The molecule has 19 heavy (non-hydrogen) atoms. The van der Waals surface area contributed by atoms with Crippen molar-refractivity contribution < 1.29 is 4.79 Å². The van der Waals surface area contributed by atoms with Crippen molar-refractivity contribution in [2.24, 2.45) is 5.92 Å². The third-order valence-corrected chi connectivity index (χ3v) is 3.91. The zero-order chi connectivity index (χ0) is 13.5. The molecule has 1 heterocycles.